The molecule has 0 aliphatic carbocycles. The summed E-state index contributed by atoms with van der Waals surface area (Å²) in [6.45, 7) is 5.00. The van der Waals surface area contributed by atoms with Crippen molar-refractivity contribution in [3.63, 3.8) is 0 Å². The molecule has 3 aromatic carbocycles. The zero-order valence-corrected chi connectivity index (χ0v) is 20.9. The minimum atomic E-state index is -4.42. The van der Waals surface area contributed by atoms with Gasteiger partial charge in [-0.05, 0) is 54.7 Å². The standard InChI is InChI=1S/C30H32F3N3O/c1-21(23-10-6-3-7-11-23)34-29(37)26-19-24-18-25(30(31,32)33)12-13-27(24)36-17-16-35(20-28(26)36)15-14-22-8-4-2-5-9-22/h2-13,18,21,26,28H,14-17,19-20H2,1H3,(H,34,37)/t21-,26+,28-/m0/s1. The number of nitrogens with zero attached hydrogens (tertiary/aromatic N) is 2. The summed E-state index contributed by atoms with van der Waals surface area (Å²) in [5.41, 5.74) is 3.01. The Kier molecular flexibility index (Phi) is 7.24. The lowest BCUT2D eigenvalue weighted by Crippen LogP contribution is -2.61. The van der Waals surface area contributed by atoms with E-state index >= 15 is 0 Å². The van der Waals surface area contributed by atoms with Crippen LogP contribution in [0.5, 0.6) is 0 Å². The van der Waals surface area contributed by atoms with Gasteiger partial charge in [0.05, 0.1) is 23.6 Å². The first-order chi connectivity index (χ1) is 17.8. The van der Waals surface area contributed by atoms with Gasteiger partial charge in [0.15, 0.2) is 0 Å². The van der Waals surface area contributed by atoms with Gasteiger partial charge in [0.2, 0.25) is 5.91 Å². The summed E-state index contributed by atoms with van der Waals surface area (Å²) in [5, 5.41) is 3.14. The van der Waals surface area contributed by atoms with Crippen LogP contribution in [0, 0.1) is 5.92 Å². The molecule has 0 radical (unpaired) electrons. The van der Waals surface area contributed by atoms with E-state index in [-0.39, 0.29) is 18.0 Å². The number of fused-ring (bicyclic) bond motifs is 3. The van der Waals surface area contributed by atoms with Gasteiger partial charge in [-0.25, -0.2) is 0 Å². The van der Waals surface area contributed by atoms with E-state index in [2.05, 4.69) is 27.2 Å². The highest BCUT2D eigenvalue weighted by molar-refractivity contribution is 5.82. The van der Waals surface area contributed by atoms with Crippen molar-refractivity contribution in [1.29, 1.82) is 0 Å². The van der Waals surface area contributed by atoms with E-state index in [0.717, 1.165) is 36.8 Å². The monoisotopic (exact) mass is 507 g/mol. The smallest absolute Gasteiger partial charge is 0.365 e. The van der Waals surface area contributed by atoms with Crippen LogP contribution in [0.2, 0.25) is 0 Å². The van der Waals surface area contributed by atoms with Crippen molar-refractivity contribution >= 4 is 11.6 Å². The molecule has 0 spiro atoms. The van der Waals surface area contributed by atoms with Crippen molar-refractivity contribution in [2.45, 2.75) is 38.0 Å². The maximum Gasteiger partial charge on any atom is 0.416 e. The SMILES string of the molecule is C[C@H](NC(=O)[C@@H]1Cc2cc(C(F)(F)F)ccc2N2CCN(CCc3ccccc3)C[C@@H]12)c1ccccc1. The van der Waals surface area contributed by atoms with Crippen molar-refractivity contribution in [3.05, 3.63) is 101 Å². The summed E-state index contributed by atoms with van der Waals surface area (Å²) in [5.74, 6) is -0.555. The molecular weight excluding hydrogens is 475 g/mol. The highest BCUT2D eigenvalue weighted by Crippen LogP contribution is 2.40. The van der Waals surface area contributed by atoms with E-state index in [1.54, 1.807) is 6.07 Å². The minimum Gasteiger partial charge on any atom is -0.365 e. The molecule has 0 unspecified atom stereocenters. The predicted octanol–water partition coefficient (Wildman–Crippen LogP) is 5.49. The highest BCUT2D eigenvalue weighted by Gasteiger charge is 2.42. The van der Waals surface area contributed by atoms with Crippen LogP contribution in [0.15, 0.2) is 78.9 Å². The summed E-state index contributed by atoms with van der Waals surface area (Å²) in [6.07, 6.45) is -3.21. The first kappa shape index (κ1) is 25.3. The molecule has 5 rings (SSSR count). The summed E-state index contributed by atoms with van der Waals surface area (Å²) in [4.78, 5) is 18.2. The Morgan fingerprint density at radius 2 is 1.70 bits per heavy atom. The lowest BCUT2D eigenvalue weighted by atomic mass is 9.82. The Hall–Kier alpha value is -3.32. The number of nitrogens with one attached hydrogen (secondary N) is 1. The van der Waals surface area contributed by atoms with Gasteiger partial charge in [0.1, 0.15) is 0 Å². The molecule has 1 saturated heterocycles. The van der Waals surface area contributed by atoms with Crippen LogP contribution in [-0.4, -0.2) is 43.0 Å². The zero-order chi connectivity index (χ0) is 26.0. The molecule has 2 aliphatic rings. The van der Waals surface area contributed by atoms with Gasteiger partial charge in [-0.1, -0.05) is 60.7 Å². The fourth-order valence-electron chi connectivity index (χ4n) is 5.64. The molecule has 1 N–H and O–H groups in total. The fourth-order valence-corrected chi connectivity index (χ4v) is 5.64. The van der Waals surface area contributed by atoms with Crippen LogP contribution in [-0.2, 0) is 23.8 Å². The number of piperazine rings is 1. The fraction of sp³-hybridized carbons (Fsp3) is 0.367. The molecule has 2 aliphatic heterocycles. The number of alkyl halides is 3. The van der Waals surface area contributed by atoms with Crippen LogP contribution < -0.4 is 10.2 Å². The second-order valence-electron chi connectivity index (χ2n) is 10.1. The van der Waals surface area contributed by atoms with Gasteiger partial charge < -0.3 is 10.2 Å². The van der Waals surface area contributed by atoms with Crippen LogP contribution in [0.1, 0.15) is 35.2 Å². The Morgan fingerprint density at radius 3 is 2.41 bits per heavy atom. The van der Waals surface area contributed by atoms with Gasteiger partial charge >= 0.3 is 6.18 Å². The normalized spacial score (nSPS) is 20.6. The number of rotatable bonds is 6. The van der Waals surface area contributed by atoms with Gasteiger partial charge in [-0.2, -0.15) is 13.2 Å². The molecule has 1 fully saturated rings. The Morgan fingerprint density at radius 1 is 1.00 bits per heavy atom. The predicted molar refractivity (Wildman–Crippen MR) is 139 cm³/mol. The van der Waals surface area contributed by atoms with E-state index in [4.69, 9.17) is 0 Å². The van der Waals surface area contributed by atoms with Gasteiger partial charge in [-0.3, -0.25) is 9.69 Å². The number of hydrogen-bond donors (Lipinski definition) is 1. The summed E-state index contributed by atoms with van der Waals surface area (Å²) in [7, 11) is 0. The number of carbonyl (C=O) groups excluding carboxylic acids is 1. The lowest BCUT2D eigenvalue weighted by Gasteiger charge is -2.49. The summed E-state index contributed by atoms with van der Waals surface area (Å²) >= 11 is 0. The number of carbonyl (C=O) groups is 1. The van der Waals surface area contributed by atoms with Crippen LogP contribution in [0.3, 0.4) is 0 Å². The number of hydrogen-bond acceptors (Lipinski definition) is 3. The Balaban J connectivity index is 1.39. The van der Waals surface area contributed by atoms with E-state index in [1.807, 2.05) is 55.5 Å². The molecule has 3 aromatic rings. The van der Waals surface area contributed by atoms with E-state index < -0.39 is 17.7 Å². The third-order valence-corrected chi connectivity index (χ3v) is 7.68. The first-order valence-corrected chi connectivity index (χ1v) is 12.9. The van der Waals surface area contributed by atoms with Crippen LogP contribution in [0.4, 0.5) is 18.9 Å². The molecule has 4 nitrogen and oxygen atoms in total. The zero-order valence-electron chi connectivity index (χ0n) is 20.9. The number of benzene rings is 3. The molecule has 3 atom stereocenters. The van der Waals surface area contributed by atoms with Crippen LogP contribution >= 0.6 is 0 Å². The highest BCUT2D eigenvalue weighted by atomic mass is 19.4. The Bertz CT molecular complexity index is 1220. The van der Waals surface area contributed by atoms with Crippen molar-refractivity contribution in [2.24, 2.45) is 5.92 Å². The second kappa shape index (κ2) is 10.6. The minimum absolute atomic E-state index is 0.100. The van der Waals surface area contributed by atoms with Crippen molar-refractivity contribution < 1.29 is 18.0 Å². The number of anilines is 1. The summed E-state index contributed by atoms with van der Waals surface area (Å²) < 4.78 is 40.4. The maximum atomic E-state index is 13.6. The maximum absolute atomic E-state index is 13.6. The molecule has 37 heavy (non-hydrogen) atoms. The average molecular weight is 508 g/mol. The van der Waals surface area contributed by atoms with Crippen molar-refractivity contribution in [3.8, 4) is 0 Å². The third-order valence-electron chi connectivity index (χ3n) is 7.68. The topological polar surface area (TPSA) is 35.6 Å². The van der Waals surface area contributed by atoms with Crippen molar-refractivity contribution in [1.82, 2.24) is 10.2 Å². The molecule has 0 bridgehead atoms. The largest absolute Gasteiger partial charge is 0.416 e. The quantitative estimate of drug-likeness (QED) is 0.480. The van der Waals surface area contributed by atoms with Crippen LogP contribution in [0.25, 0.3) is 0 Å². The van der Waals surface area contributed by atoms with Crippen molar-refractivity contribution in [2.75, 3.05) is 31.1 Å². The van der Waals surface area contributed by atoms with Gasteiger partial charge in [0, 0.05) is 31.9 Å². The van der Waals surface area contributed by atoms with Gasteiger partial charge in [0.25, 0.3) is 0 Å². The first-order valence-electron chi connectivity index (χ1n) is 12.9. The molecule has 2 heterocycles. The lowest BCUT2D eigenvalue weighted by molar-refractivity contribution is -0.137. The molecule has 0 aromatic heterocycles. The molecule has 194 valence electrons. The molecule has 1 amide bonds. The van der Waals surface area contributed by atoms with E-state index in [0.29, 0.717) is 25.1 Å². The Labute approximate surface area is 216 Å². The molecule has 7 heteroatoms. The summed E-state index contributed by atoms with van der Waals surface area (Å²) in [6, 6.07) is 23.7. The van der Waals surface area contributed by atoms with Gasteiger partial charge in [-0.15, -0.1) is 0 Å². The number of amides is 1. The number of halogens is 3. The molecular formula is C30H32F3N3O. The molecule has 0 saturated carbocycles. The van der Waals surface area contributed by atoms with E-state index in [1.165, 1.54) is 11.6 Å². The average Bonchev–Trinajstić information content (AvgIpc) is 2.91. The second-order valence-corrected chi connectivity index (χ2v) is 10.1. The third kappa shape index (κ3) is 5.67. The van der Waals surface area contributed by atoms with E-state index in [9.17, 15) is 18.0 Å².